The number of aromatic nitrogens is 4. The van der Waals surface area contributed by atoms with Crippen LogP contribution in [0.5, 0.6) is 23.0 Å². The largest absolute Gasteiger partial charge is 0.493 e. The number of methoxy groups -OCH3 is 2. The average Bonchev–Trinajstić information content (AvgIpc) is 3.36. The van der Waals surface area contributed by atoms with Crippen LogP contribution in [0.4, 0.5) is 38.2 Å². The molecule has 2 aliphatic rings. The third-order valence-corrected chi connectivity index (χ3v) is 13.8. The number of alkyl halides is 6. The van der Waals surface area contributed by atoms with E-state index < -0.39 is 43.5 Å². The van der Waals surface area contributed by atoms with E-state index in [4.69, 9.17) is 28.4 Å². The highest BCUT2D eigenvalue weighted by molar-refractivity contribution is 7.93. The van der Waals surface area contributed by atoms with Gasteiger partial charge in [0.05, 0.1) is 47.3 Å². The Morgan fingerprint density at radius 1 is 0.542 bits per heavy atom. The highest BCUT2D eigenvalue weighted by Gasteiger charge is 2.35. The summed E-state index contributed by atoms with van der Waals surface area (Å²) in [6.07, 6.45) is -1.43. The van der Waals surface area contributed by atoms with Crippen molar-refractivity contribution in [3.05, 3.63) is 143 Å². The third kappa shape index (κ3) is 13.4. The van der Waals surface area contributed by atoms with Gasteiger partial charge in [0.25, 0.3) is 20.0 Å². The number of anilines is 2. The second-order valence-electron chi connectivity index (χ2n) is 16.0. The molecule has 0 radical (unpaired) electrons. The van der Waals surface area contributed by atoms with Gasteiger partial charge in [-0.2, -0.15) is 26.3 Å². The van der Waals surface area contributed by atoms with Crippen LogP contribution < -0.4 is 28.4 Å². The number of halogens is 6. The smallest absolute Gasteiger partial charge is 0.416 e. The summed E-state index contributed by atoms with van der Waals surface area (Å²) < 4.78 is 169. The first-order valence-corrected chi connectivity index (χ1v) is 25.1. The number of sulfonamides is 2. The summed E-state index contributed by atoms with van der Waals surface area (Å²) in [4.78, 5) is 15.3. The molecule has 2 aromatic heterocycles. The van der Waals surface area contributed by atoms with Crippen molar-refractivity contribution in [3.63, 3.8) is 0 Å². The summed E-state index contributed by atoms with van der Waals surface area (Å²) in [6, 6.07) is 18.8. The van der Waals surface area contributed by atoms with Crippen LogP contribution in [0.2, 0.25) is 0 Å². The number of fused-ring (bicyclic) bond motifs is 2. The first-order valence-electron chi connectivity index (χ1n) is 22.2. The van der Waals surface area contributed by atoms with E-state index in [2.05, 4.69) is 29.4 Å². The van der Waals surface area contributed by atoms with Crippen LogP contribution in [0.3, 0.4) is 0 Å². The molecule has 384 valence electrons. The summed E-state index contributed by atoms with van der Waals surface area (Å²) in [5, 5.41) is 0. The number of nitrogens with zero attached hydrogens (tertiary/aromatic N) is 4. The number of hydrogen-bond acceptors (Lipinski definition) is 14. The number of nitrogens with one attached hydrogen (secondary N) is 2. The molecule has 8 rings (SSSR count). The van der Waals surface area contributed by atoms with Crippen molar-refractivity contribution in [1.82, 2.24) is 19.9 Å². The molecule has 24 heteroatoms. The third-order valence-electron chi connectivity index (χ3n) is 11.2. The minimum absolute atomic E-state index is 0.0576. The van der Waals surface area contributed by atoms with E-state index in [-0.39, 0.29) is 71.5 Å². The van der Waals surface area contributed by atoms with Gasteiger partial charge in [-0.1, -0.05) is 24.3 Å². The van der Waals surface area contributed by atoms with Crippen molar-refractivity contribution in [2.24, 2.45) is 0 Å². The van der Waals surface area contributed by atoms with Crippen LogP contribution in [-0.4, -0.2) is 90.6 Å². The van der Waals surface area contributed by atoms with Crippen molar-refractivity contribution in [1.29, 1.82) is 0 Å². The van der Waals surface area contributed by atoms with Crippen LogP contribution in [-0.2, 0) is 41.9 Å². The molecule has 6 aromatic rings. The molecule has 0 unspecified atom stereocenters. The number of ether oxygens (including phenoxy) is 6. The van der Waals surface area contributed by atoms with Crippen molar-refractivity contribution in [2.45, 2.75) is 59.7 Å². The molecule has 2 aliphatic heterocycles. The lowest BCUT2D eigenvalue weighted by molar-refractivity contribution is -0.138. The Balaban J connectivity index is 0.000000211. The molecule has 0 fully saturated rings. The second kappa shape index (κ2) is 23.2. The maximum atomic E-state index is 13.4. The second-order valence-corrected chi connectivity index (χ2v) is 19.4. The summed E-state index contributed by atoms with van der Waals surface area (Å²) in [7, 11) is -4.92. The minimum Gasteiger partial charge on any atom is -0.493 e. The molecule has 0 aliphatic carbocycles. The molecule has 2 N–H and O–H groups in total. The lowest BCUT2D eigenvalue weighted by Gasteiger charge is -2.28. The van der Waals surface area contributed by atoms with E-state index in [1.165, 1.54) is 75.4 Å². The van der Waals surface area contributed by atoms with Crippen molar-refractivity contribution < 1.29 is 71.6 Å². The molecule has 16 nitrogen and oxygen atoms in total. The Hall–Kier alpha value is -6.76. The van der Waals surface area contributed by atoms with Gasteiger partial charge in [-0.3, -0.25) is 0 Å². The predicted octanol–water partition coefficient (Wildman–Crippen LogP) is 9.25. The van der Waals surface area contributed by atoms with Crippen LogP contribution in [0, 0.1) is 0 Å². The lowest BCUT2D eigenvalue weighted by atomic mass is 9.85. The zero-order chi connectivity index (χ0) is 51.5. The molecule has 0 saturated heterocycles. The molecular weight excluding hydrogens is 999 g/mol. The molecule has 2 atom stereocenters. The van der Waals surface area contributed by atoms with Gasteiger partial charge in [0.1, 0.15) is 23.0 Å². The van der Waals surface area contributed by atoms with E-state index >= 15 is 0 Å². The first kappa shape index (κ1) is 53.0. The van der Waals surface area contributed by atoms with Crippen molar-refractivity contribution >= 4 is 31.9 Å². The number of rotatable bonds is 18. The number of hydrogen-bond donors (Lipinski definition) is 2. The van der Waals surface area contributed by atoms with Gasteiger partial charge in [-0.25, -0.2) is 46.2 Å². The Morgan fingerprint density at radius 3 is 1.28 bits per heavy atom. The zero-order valence-electron chi connectivity index (χ0n) is 38.6. The van der Waals surface area contributed by atoms with Gasteiger partial charge in [-0.15, -0.1) is 0 Å². The quantitative estimate of drug-likeness (QED) is 0.0610. The van der Waals surface area contributed by atoms with E-state index in [1.807, 2.05) is 0 Å². The SMILES string of the molecule is COCCCOc1cc(C(F)(F)F)ccc1[C@@H]1CCOc2cc(S(=O)(=O)Nc3ncccn3)ccc21.COCCCOc1cc(C(F)(F)F)ccc1[C@H]1CCOc2cc(S(=O)(=O)Nc3ncccn3)ccc21. The molecule has 0 amide bonds. The Kier molecular flexibility index (Phi) is 17.1. The Morgan fingerprint density at radius 2 is 0.917 bits per heavy atom. The van der Waals surface area contributed by atoms with Gasteiger partial charge in [-0.05, 0) is 61.4 Å². The fraction of sp³-hybridized carbons (Fsp3) is 0.333. The van der Waals surface area contributed by atoms with Crippen LogP contribution in [0.15, 0.2) is 120 Å². The van der Waals surface area contributed by atoms with E-state index in [1.54, 1.807) is 24.3 Å². The molecule has 0 spiro atoms. The molecule has 0 saturated carbocycles. The van der Waals surface area contributed by atoms with E-state index in [9.17, 15) is 43.2 Å². The van der Waals surface area contributed by atoms with Crippen LogP contribution >= 0.6 is 0 Å². The fourth-order valence-corrected chi connectivity index (χ4v) is 9.75. The van der Waals surface area contributed by atoms with Gasteiger partial charge in [0, 0.05) is 111 Å². The molecule has 72 heavy (non-hydrogen) atoms. The molecular formula is C48H48F6N6O10S2. The van der Waals surface area contributed by atoms with Gasteiger partial charge in [0.2, 0.25) is 11.9 Å². The first-order chi connectivity index (χ1) is 34.4. The average molecular weight is 1050 g/mol. The summed E-state index contributed by atoms with van der Waals surface area (Å²) in [5.41, 5.74) is 0.815. The van der Waals surface area contributed by atoms with Gasteiger partial charge < -0.3 is 28.4 Å². The van der Waals surface area contributed by atoms with E-state index in [0.29, 0.717) is 72.6 Å². The number of benzene rings is 4. The lowest BCUT2D eigenvalue weighted by Crippen LogP contribution is -2.19. The highest BCUT2D eigenvalue weighted by atomic mass is 32.2. The summed E-state index contributed by atoms with van der Waals surface area (Å²) in [6.45, 7) is 1.69. The summed E-state index contributed by atoms with van der Waals surface area (Å²) in [5.74, 6) is 0.0488. The normalized spacial score (nSPS) is 15.6. The minimum atomic E-state index is -4.52. The molecule has 0 bridgehead atoms. The Bertz CT molecular complexity index is 2810. The van der Waals surface area contributed by atoms with Crippen molar-refractivity contribution in [2.75, 3.05) is 63.3 Å². The standard InChI is InChI=1S/2C24H24F3N3O5S/c2*1-33-11-3-12-34-21-14-16(24(25,26)27)4-6-19(21)18-8-13-35-22-15-17(5-7-20(18)22)36(31,32)30-23-28-9-2-10-29-23/h2*2,4-7,9-10,14-15,18H,3,8,11-13H2,1H3,(H,28,29,30)/t2*18-/m10/s1. The Labute approximate surface area is 411 Å². The topological polar surface area (TPSA) is 199 Å². The molecule has 4 aromatic carbocycles. The van der Waals surface area contributed by atoms with Crippen LogP contribution in [0.25, 0.3) is 0 Å². The molecule has 4 heterocycles. The fourth-order valence-electron chi connectivity index (χ4n) is 7.80. The van der Waals surface area contributed by atoms with Gasteiger partial charge >= 0.3 is 12.4 Å². The maximum absolute atomic E-state index is 13.4. The summed E-state index contributed by atoms with van der Waals surface area (Å²) >= 11 is 0. The van der Waals surface area contributed by atoms with Crippen LogP contribution in [0.1, 0.15) is 70.9 Å². The highest BCUT2D eigenvalue weighted by Crippen LogP contribution is 2.46. The monoisotopic (exact) mass is 1050 g/mol. The maximum Gasteiger partial charge on any atom is 0.416 e. The predicted molar refractivity (Wildman–Crippen MR) is 249 cm³/mol. The van der Waals surface area contributed by atoms with E-state index in [0.717, 1.165) is 24.3 Å². The zero-order valence-corrected chi connectivity index (χ0v) is 40.2. The van der Waals surface area contributed by atoms with Crippen molar-refractivity contribution in [3.8, 4) is 23.0 Å². The van der Waals surface area contributed by atoms with Gasteiger partial charge in [0.15, 0.2) is 0 Å².